The number of likely N-dealkylation sites (N-methyl/N-ethyl adjacent to an activating group) is 1. The molecule has 2 N–H and O–H groups in total. The van der Waals surface area contributed by atoms with Crippen molar-refractivity contribution >= 4 is 39.1 Å². The summed E-state index contributed by atoms with van der Waals surface area (Å²) in [6.45, 7) is 0.310. The molecule has 154 valence electrons. The van der Waals surface area contributed by atoms with Gasteiger partial charge in [-0.05, 0) is 42.0 Å². The van der Waals surface area contributed by atoms with E-state index in [1.807, 2.05) is 36.4 Å². The number of aromatic nitrogens is 1. The lowest BCUT2D eigenvalue weighted by molar-refractivity contribution is -0.117. The van der Waals surface area contributed by atoms with Crippen molar-refractivity contribution in [3.05, 3.63) is 77.9 Å². The van der Waals surface area contributed by atoms with Gasteiger partial charge in [0, 0.05) is 24.8 Å². The summed E-state index contributed by atoms with van der Waals surface area (Å²) in [4.78, 5) is 31.7. The number of nitrogens with one attached hydrogen (secondary N) is 1. The lowest BCUT2D eigenvalue weighted by atomic mass is 9.89. The second kappa shape index (κ2) is 7.52. The molecule has 2 heterocycles. The zero-order valence-electron chi connectivity index (χ0n) is 16.7. The molecule has 31 heavy (non-hydrogen) atoms. The first-order chi connectivity index (χ1) is 15.0. The van der Waals surface area contributed by atoms with E-state index in [9.17, 15) is 14.7 Å². The van der Waals surface area contributed by atoms with Gasteiger partial charge in [-0.15, -0.1) is 11.3 Å². The van der Waals surface area contributed by atoms with E-state index in [1.165, 1.54) is 11.3 Å². The number of aromatic hydroxyl groups is 1. The van der Waals surface area contributed by atoms with Crippen LogP contribution in [0.1, 0.15) is 21.8 Å². The predicted molar refractivity (Wildman–Crippen MR) is 121 cm³/mol. The molecule has 0 aliphatic carbocycles. The Balaban J connectivity index is 1.46. The standard InChI is InChI=1S/C24H19N3O3S/c1-27-13-18(15-6-2-3-7-16(15)24(27)30)22(29)25-14-10-11-20(28)17(12-14)23-26-19-8-4-5-9-21(19)31-23/h2-12,18,28H,13H2,1H3,(H,25,29). The Morgan fingerprint density at radius 3 is 2.71 bits per heavy atom. The number of nitrogens with zero attached hydrogens (tertiary/aromatic N) is 2. The molecule has 7 heteroatoms. The molecule has 0 radical (unpaired) electrons. The molecule has 1 unspecified atom stereocenters. The van der Waals surface area contributed by atoms with Crippen molar-refractivity contribution in [3.8, 4) is 16.3 Å². The third-order valence-electron chi connectivity index (χ3n) is 5.47. The minimum Gasteiger partial charge on any atom is -0.507 e. The highest BCUT2D eigenvalue weighted by molar-refractivity contribution is 7.21. The van der Waals surface area contributed by atoms with E-state index in [-0.39, 0.29) is 17.6 Å². The summed E-state index contributed by atoms with van der Waals surface area (Å²) in [6.07, 6.45) is 0. The van der Waals surface area contributed by atoms with E-state index >= 15 is 0 Å². The molecular formula is C24H19N3O3S. The maximum atomic E-state index is 13.1. The average molecular weight is 430 g/mol. The van der Waals surface area contributed by atoms with Crippen LogP contribution in [0.15, 0.2) is 66.7 Å². The van der Waals surface area contributed by atoms with Crippen molar-refractivity contribution in [2.75, 3.05) is 18.9 Å². The summed E-state index contributed by atoms with van der Waals surface area (Å²) in [5.74, 6) is -0.654. The number of para-hydroxylation sites is 1. The molecular weight excluding hydrogens is 410 g/mol. The molecule has 1 aromatic heterocycles. The molecule has 0 saturated heterocycles. The van der Waals surface area contributed by atoms with Crippen molar-refractivity contribution in [2.24, 2.45) is 0 Å². The van der Waals surface area contributed by atoms with Crippen LogP contribution in [0.25, 0.3) is 20.8 Å². The number of benzene rings is 3. The highest BCUT2D eigenvalue weighted by Crippen LogP contribution is 2.37. The smallest absolute Gasteiger partial charge is 0.253 e. The van der Waals surface area contributed by atoms with Gasteiger partial charge >= 0.3 is 0 Å². The van der Waals surface area contributed by atoms with Crippen LogP contribution in [-0.2, 0) is 4.79 Å². The van der Waals surface area contributed by atoms with Crippen LogP contribution in [0.4, 0.5) is 5.69 Å². The number of anilines is 1. The maximum Gasteiger partial charge on any atom is 0.253 e. The average Bonchev–Trinajstić information content (AvgIpc) is 3.21. The zero-order valence-corrected chi connectivity index (χ0v) is 17.5. The fourth-order valence-electron chi connectivity index (χ4n) is 3.88. The number of fused-ring (bicyclic) bond motifs is 2. The Labute approximate surface area is 182 Å². The van der Waals surface area contributed by atoms with Crippen LogP contribution >= 0.6 is 11.3 Å². The Morgan fingerprint density at radius 1 is 1.10 bits per heavy atom. The first-order valence-corrected chi connectivity index (χ1v) is 10.7. The van der Waals surface area contributed by atoms with E-state index in [0.29, 0.717) is 28.4 Å². The summed E-state index contributed by atoms with van der Waals surface area (Å²) in [6, 6.07) is 19.9. The van der Waals surface area contributed by atoms with E-state index in [1.54, 1.807) is 42.3 Å². The van der Waals surface area contributed by atoms with Crippen molar-refractivity contribution in [1.29, 1.82) is 0 Å². The first-order valence-electron chi connectivity index (χ1n) is 9.85. The van der Waals surface area contributed by atoms with Crippen LogP contribution < -0.4 is 5.32 Å². The minimum atomic E-state index is -0.474. The Morgan fingerprint density at radius 2 is 1.87 bits per heavy atom. The number of rotatable bonds is 3. The monoisotopic (exact) mass is 429 g/mol. The molecule has 4 aromatic rings. The van der Waals surface area contributed by atoms with Crippen molar-refractivity contribution in [1.82, 2.24) is 9.88 Å². The van der Waals surface area contributed by atoms with Gasteiger partial charge in [0.25, 0.3) is 5.91 Å². The fraction of sp³-hybridized carbons (Fsp3) is 0.125. The normalized spacial score (nSPS) is 15.7. The van der Waals surface area contributed by atoms with E-state index < -0.39 is 5.92 Å². The molecule has 0 fully saturated rings. The summed E-state index contributed by atoms with van der Waals surface area (Å²) in [7, 11) is 1.70. The van der Waals surface area contributed by atoms with E-state index in [0.717, 1.165) is 15.8 Å². The number of hydrogen-bond donors (Lipinski definition) is 2. The molecule has 5 rings (SSSR count). The zero-order chi connectivity index (χ0) is 21.5. The highest BCUT2D eigenvalue weighted by Gasteiger charge is 2.33. The summed E-state index contributed by atoms with van der Waals surface area (Å²) >= 11 is 1.48. The molecule has 1 aliphatic heterocycles. The van der Waals surface area contributed by atoms with E-state index in [2.05, 4.69) is 10.3 Å². The van der Waals surface area contributed by atoms with Gasteiger partial charge in [-0.25, -0.2) is 4.98 Å². The number of carbonyl (C=O) groups excluding carboxylic acids is 2. The fourth-order valence-corrected chi connectivity index (χ4v) is 4.87. The van der Waals surface area contributed by atoms with Gasteiger partial charge in [0.1, 0.15) is 10.8 Å². The van der Waals surface area contributed by atoms with Gasteiger partial charge in [-0.1, -0.05) is 30.3 Å². The number of phenolic OH excluding ortho intramolecular Hbond substituents is 1. The quantitative estimate of drug-likeness (QED) is 0.471. The van der Waals surface area contributed by atoms with Crippen molar-refractivity contribution < 1.29 is 14.7 Å². The second-order valence-corrected chi connectivity index (χ2v) is 8.56. The molecule has 6 nitrogen and oxygen atoms in total. The summed E-state index contributed by atoms with van der Waals surface area (Å²) in [5, 5.41) is 14.0. The van der Waals surface area contributed by atoms with E-state index in [4.69, 9.17) is 0 Å². The van der Waals surface area contributed by atoms with Crippen LogP contribution in [-0.4, -0.2) is 40.4 Å². The molecule has 1 aliphatic rings. The minimum absolute atomic E-state index is 0.0811. The van der Waals surface area contributed by atoms with Gasteiger partial charge in [-0.2, -0.15) is 0 Å². The molecule has 2 amide bonds. The Hall–Kier alpha value is -3.71. The molecule has 0 saturated carbocycles. The largest absolute Gasteiger partial charge is 0.507 e. The van der Waals surface area contributed by atoms with Gasteiger partial charge in [-0.3, -0.25) is 9.59 Å². The number of amides is 2. The first kappa shape index (κ1) is 19.3. The van der Waals surface area contributed by atoms with Crippen LogP contribution in [0.5, 0.6) is 5.75 Å². The number of carbonyl (C=O) groups is 2. The Bertz CT molecular complexity index is 1300. The molecule has 0 bridgehead atoms. The van der Waals surface area contributed by atoms with Gasteiger partial charge in [0.15, 0.2) is 0 Å². The van der Waals surface area contributed by atoms with Crippen LogP contribution in [0, 0.1) is 0 Å². The Kier molecular flexibility index (Phi) is 4.67. The molecule has 1 atom stereocenters. The lowest BCUT2D eigenvalue weighted by Crippen LogP contribution is -2.41. The molecule has 0 spiro atoms. The number of thiazole rings is 1. The van der Waals surface area contributed by atoms with Crippen LogP contribution in [0.3, 0.4) is 0 Å². The van der Waals surface area contributed by atoms with Gasteiger partial charge in [0.05, 0.1) is 21.7 Å². The van der Waals surface area contributed by atoms with Crippen molar-refractivity contribution in [2.45, 2.75) is 5.92 Å². The topological polar surface area (TPSA) is 82.5 Å². The summed E-state index contributed by atoms with van der Waals surface area (Å²) in [5.41, 5.74) is 3.28. The number of phenols is 1. The third kappa shape index (κ3) is 3.43. The maximum absolute atomic E-state index is 13.1. The van der Waals surface area contributed by atoms with Crippen LogP contribution in [0.2, 0.25) is 0 Å². The third-order valence-corrected chi connectivity index (χ3v) is 6.54. The lowest BCUT2D eigenvalue weighted by Gasteiger charge is -2.31. The predicted octanol–water partition coefficient (Wildman–Crippen LogP) is 4.48. The number of hydrogen-bond acceptors (Lipinski definition) is 5. The highest BCUT2D eigenvalue weighted by atomic mass is 32.1. The van der Waals surface area contributed by atoms with Gasteiger partial charge in [0.2, 0.25) is 5.91 Å². The second-order valence-electron chi connectivity index (χ2n) is 7.53. The summed E-state index contributed by atoms with van der Waals surface area (Å²) < 4.78 is 1.03. The molecule has 3 aromatic carbocycles. The van der Waals surface area contributed by atoms with Gasteiger partial charge < -0.3 is 15.3 Å². The SMILES string of the molecule is CN1CC(C(=O)Nc2ccc(O)c(-c3nc4ccccc4s3)c2)c2ccccc2C1=O. The van der Waals surface area contributed by atoms with Crippen molar-refractivity contribution in [3.63, 3.8) is 0 Å².